The van der Waals surface area contributed by atoms with Crippen LogP contribution in [0, 0.1) is 5.92 Å². The Morgan fingerprint density at radius 3 is 2.32 bits per heavy atom. The highest BCUT2D eigenvalue weighted by atomic mass is 16.3. The fraction of sp³-hybridized carbons (Fsp3) is 0.556. The third kappa shape index (κ3) is 6.07. The summed E-state index contributed by atoms with van der Waals surface area (Å²) in [5.41, 5.74) is 0.999. The van der Waals surface area contributed by atoms with Crippen molar-refractivity contribution in [3.05, 3.63) is 48.6 Å². The zero-order valence-electron chi connectivity index (χ0n) is 12.2. The monoisotopic (exact) mass is 260 g/mol. The van der Waals surface area contributed by atoms with Crippen molar-refractivity contribution >= 4 is 0 Å². The molecule has 1 N–H and O–H groups in total. The molecule has 0 unspecified atom stereocenters. The lowest BCUT2D eigenvalue weighted by Gasteiger charge is -2.20. The van der Waals surface area contributed by atoms with E-state index in [1.165, 1.54) is 38.5 Å². The maximum absolute atomic E-state index is 10.3. The van der Waals surface area contributed by atoms with Crippen molar-refractivity contribution in [3.63, 3.8) is 0 Å². The Hall–Kier alpha value is -1.08. The molecule has 0 heterocycles. The molecule has 0 aliphatic carbocycles. The Morgan fingerprint density at radius 1 is 1.05 bits per heavy atom. The smallest absolute Gasteiger partial charge is 0.0852 e. The highest BCUT2D eigenvalue weighted by Gasteiger charge is 2.16. The Kier molecular flexibility index (Phi) is 8.24. The highest BCUT2D eigenvalue weighted by Crippen LogP contribution is 2.27. The maximum Gasteiger partial charge on any atom is 0.0852 e. The van der Waals surface area contributed by atoms with Gasteiger partial charge >= 0.3 is 0 Å². The lowest BCUT2D eigenvalue weighted by atomic mass is 9.91. The normalized spacial score (nSPS) is 14.0. The molecule has 0 saturated heterocycles. The van der Waals surface area contributed by atoms with Crippen LogP contribution in [0.4, 0.5) is 0 Å². The van der Waals surface area contributed by atoms with Gasteiger partial charge in [-0.3, -0.25) is 0 Å². The van der Waals surface area contributed by atoms with Crippen LogP contribution in [0.1, 0.15) is 63.5 Å². The molecule has 2 atom stereocenters. The lowest BCUT2D eigenvalue weighted by molar-refractivity contribution is 0.125. The summed E-state index contributed by atoms with van der Waals surface area (Å²) in [7, 11) is 0. The molecule has 19 heavy (non-hydrogen) atoms. The van der Waals surface area contributed by atoms with Gasteiger partial charge in [0.15, 0.2) is 0 Å². The van der Waals surface area contributed by atoms with Gasteiger partial charge in [0.2, 0.25) is 0 Å². The molecular formula is C18H28O. The summed E-state index contributed by atoms with van der Waals surface area (Å²) in [6.07, 6.45) is 10.3. The van der Waals surface area contributed by atoms with E-state index in [9.17, 15) is 5.11 Å². The van der Waals surface area contributed by atoms with Crippen LogP contribution in [0.3, 0.4) is 0 Å². The van der Waals surface area contributed by atoms with E-state index >= 15 is 0 Å². The zero-order chi connectivity index (χ0) is 13.9. The molecule has 0 fully saturated rings. The second-order valence-corrected chi connectivity index (χ2v) is 5.31. The Morgan fingerprint density at radius 2 is 1.68 bits per heavy atom. The summed E-state index contributed by atoms with van der Waals surface area (Å²) >= 11 is 0. The van der Waals surface area contributed by atoms with Gasteiger partial charge in [-0.05, 0) is 12.0 Å². The van der Waals surface area contributed by atoms with Crippen molar-refractivity contribution in [2.45, 2.75) is 58.0 Å². The summed E-state index contributed by atoms with van der Waals surface area (Å²) in [5, 5.41) is 10.3. The van der Waals surface area contributed by atoms with Crippen molar-refractivity contribution in [1.82, 2.24) is 0 Å². The largest absolute Gasteiger partial charge is 0.388 e. The van der Waals surface area contributed by atoms with E-state index in [1.54, 1.807) is 0 Å². The predicted octanol–water partition coefficient (Wildman–Crippen LogP) is 5.27. The quantitative estimate of drug-likeness (QED) is 0.448. The number of hydrogen-bond donors (Lipinski definition) is 1. The van der Waals surface area contributed by atoms with Crippen LogP contribution in [0.15, 0.2) is 43.0 Å². The molecule has 1 heteroatoms. The van der Waals surface area contributed by atoms with E-state index < -0.39 is 6.10 Å². The first-order valence-corrected chi connectivity index (χ1v) is 7.65. The van der Waals surface area contributed by atoms with Gasteiger partial charge in [-0.1, -0.05) is 81.9 Å². The Balaban J connectivity index is 2.31. The number of aliphatic hydroxyl groups excluding tert-OH is 1. The molecule has 0 aromatic heterocycles. The number of benzene rings is 1. The second kappa shape index (κ2) is 9.80. The average molecular weight is 260 g/mol. The van der Waals surface area contributed by atoms with Crippen LogP contribution in [-0.4, -0.2) is 5.11 Å². The number of rotatable bonds is 10. The second-order valence-electron chi connectivity index (χ2n) is 5.31. The van der Waals surface area contributed by atoms with Crippen LogP contribution >= 0.6 is 0 Å². The summed E-state index contributed by atoms with van der Waals surface area (Å²) in [4.78, 5) is 0. The van der Waals surface area contributed by atoms with Crippen molar-refractivity contribution < 1.29 is 5.11 Å². The summed E-state index contributed by atoms with van der Waals surface area (Å²) in [6, 6.07) is 9.91. The fourth-order valence-electron chi connectivity index (χ4n) is 2.46. The van der Waals surface area contributed by atoms with Gasteiger partial charge in [0.25, 0.3) is 0 Å². The topological polar surface area (TPSA) is 20.2 Å². The van der Waals surface area contributed by atoms with Gasteiger partial charge in [-0.2, -0.15) is 0 Å². The molecule has 0 bridgehead atoms. The SMILES string of the molecule is C=C[C@@H](CCCCCCCC)[C@@H](O)c1ccccc1. The van der Waals surface area contributed by atoms with Gasteiger partial charge in [-0.25, -0.2) is 0 Å². The standard InChI is InChI=1S/C18H28O/c1-3-5-6-7-8-10-13-16(4-2)18(19)17-14-11-9-12-15-17/h4,9,11-12,14-16,18-19H,2-3,5-8,10,13H2,1H3/t16-,18+/m0/s1. The molecule has 106 valence electrons. The lowest BCUT2D eigenvalue weighted by Crippen LogP contribution is -2.10. The van der Waals surface area contributed by atoms with Crippen molar-refractivity contribution in [1.29, 1.82) is 0 Å². The first-order valence-electron chi connectivity index (χ1n) is 7.65. The molecule has 1 rings (SSSR count). The van der Waals surface area contributed by atoms with E-state index in [0.29, 0.717) is 0 Å². The third-order valence-corrected chi connectivity index (χ3v) is 3.74. The number of unbranched alkanes of at least 4 members (excludes halogenated alkanes) is 5. The van der Waals surface area contributed by atoms with Crippen molar-refractivity contribution in [3.8, 4) is 0 Å². The Bertz CT molecular complexity index is 331. The van der Waals surface area contributed by atoms with Gasteiger partial charge in [0.1, 0.15) is 0 Å². The summed E-state index contributed by atoms with van der Waals surface area (Å²) < 4.78 is 0. The fourth-order valence-corrected chi connectivity index (χ4v) is 2.46. The minimum atomic E-state index is -0.408. The summed E-state index contributed by atoms with van der Waals surface area (Å²) in [5.74, 6) is 0.175. The van der Waals surface area contributed by atoms with E-state index in [-0.39, 0.29) is 5.92 Å². The van der Waals surface area contributed by atoms with Crippen LogP contribution in [0.5, 0.6) is 0 Å². The number of hydrogen-bond acceptors (Lipinski definition) is 1. The van der Waals surface area contributed by atoms with E-state index in [0.717, 1.165) is 12.0 Å². The van der Waals surface area contributed by atoms with Gasteiger partial charge in [0.05, 0.1) is 6.10 Å². The maximum atomic E-state index is 10.3. The summed E-state index contributed by atoms with van der Waals surface area (Å²) in [6.45, 7) is 6.12. The van der Waals surface area contributed by atoms with Crippen LogP contribution < -0.4 is 0 Å². The zero-order valence-corrected chi connectivity index (χ0v) is 12.2. The highest BCUT2D eigenvalue weighted by molar-refractivity contribution is 5.19. The first-order chi connectivity index (χ1) is 9.29. The molecule has 0 radical (unpaired) electrons. The molecule has 0 spiro atoms. The van der Waals surface area contributed by atoms with E-state index in [1.807, 2.05) is 36.4 Å². The molecule has 1 aromatic carbocycles. The third-order valence-electron chi connectivity index (χ3n) is 3.74. The van der Waals surface area contributed by atoms with E-state index in [2.05, 4.69) is 13.5 Å². The Labute approximate surface area is 118 Å². The van der Waals surface area contributed by atoms with Gasteiger partial charge in [-0.15, -0.1) is 6.58 Å². The van der Waals surface area contributed by atoms with Gasteiger partial charge in [0, 0.05) is 5.92 Å². The molecule has 0 amide bonds. The molecule has 0 aliphatic rings. The molecule has 0 saturated carbocycles. The van der Waals surface area contributed by atoms with Crippen molar-refractivity contribution in [2.24, 2.45) is 5.92 Å². The molecule has 0 aliphatic heterocycles. The first kappa shape index (κ1) is 16.0. The molecule has 1 aromatic rings. The molecular weight excluding hydrogens is 232 g/mol. The van der Waals surface area contributed by atoms with Crippen LogP contribution in [0.2, 0.25) is 0 Å². The predicted molar refractivity (Wildman–Crippen MR) is 83.1 cm³/mol. The van der Waals surface area contributed by atoms with Gasteiger partial charge < -0.3 is 5.11 Å². The average Bonchev–Trinajstić information content (AvgIpc) is 2.47. The molecule has 1 nitrogen and oxygen atoms in total. The van der Waals surface area contributed by atoms with Crippen molar-refractivity contribution in [2.75, 3.05) is 0 Å². The minimum absolute atomic E-state index is 0.175. The van der Waals surface area contributed by atoms with Crippen LogP contribution in [0.25, 0.3) is 0 Å². The van der Waals surface area contributed by atoms with E-state index in [4.69, 9.17) is 0 Å². The minimum Gasteiger partial charge on any atom is -0.388 e. The van der Waals surface area contributed by atoms with Crippen LogP contribution in [-0.2, 0) is 0 Å². The number of aliphatic hydroxyl groups is 1.